The van der Waals surface area contributed by atoms with Gasteiger partial charge in [0, 0.05) is 5.92 Å². The SMILES string of the molecule is CCCC[C@H](C(C)=O)[C@@H](O)c1ccccc1. The van der Waals surface area contributed by atoms with Crippen LogP contribution in [0.4, 0.5) is 0 Å². The van der Waals surface area contributed by atoms with Crippen LogP contribution < -0.4 is 0 Å². The van der Waals surface area contributed by atoms with Crippen LogP contribution in [0.2, 0.25) is 0 Å². The second-order valence-electron chi connectivity index (χ2n) is 4.21. The molecule has 0 aliphatic heterocycles. The van der Waals surface area contributed by atoms with Crippen molar-refractivity contribution in [1.82, 2.24) is 0 Å². The third kappa shape index (κ3) is 3.46. The number of aliphatic hydroxyl groups excluding tert-OH is 1. The average Bonchev–Trinajstić information content (AvgIpc) is 2.30. The van der Waals surface area contributed by atoms with Gasteiger partial charge in [0.1, 0.15) is 5.78 Å². The summed E-state index contributed by atoms with van der Waals surface area (Å²) in [6.45, 7) is 3.65. The quantitative estimate of drug-likeness (QED) is 0.799. The maximum atomic E-state index is 11.5. The highest BCUT2D eigenvalue weighted by molar-refractivity contribution is 5.79. The Labute approximate surface area is 97.3 Å². The third-order valence-corrected chi connectivity index (χ3v) is 2.91. The molecule has 0 aliphatic rings. The zero-order chi connectivity index (χ0) is 12.0. The molecular weight excluding hydrogens is 200 g/mol. The number of Topliss-reactive ketones (excluding diaryl/α,β-unsaturated/α-hetero) is 1. The number of hydrogen-bond acceptors (Lipinski definition) is 2. The molecule has 0 amide bonds. The number of unbranched alkanes of at least 4 members (excludes halogenated alkanes) is 1. The lowest BCUT2D eigenvalue weighted by Crippen LogP contribution is -2.20. The Morgan fingerprint density at radius 2 is 1.94 bits per heavy atom. The van der Waals surface area contributed by atoms with Crippen LogP contribution in [-0.4, -0.2) is 10.9 Å². The van der Waals surface area contributed by atoms with E-state index >= 15 is 0 Å². The van der Waals surface area contributed by atoms with Crippen molar-refractivity contribution in [3.8, 4) is 0 Å². The van der Waals surface area contributed by atoms with Crippen molar-refractivity contribution in [1.29, 1.82) is 0 Å². The molecule has 0 aromatic heterocycles. The normalized spacial score (nSPS) is 14.4. The molecule has 0 saturated heterocycles. The van der Waals surface area contributed by atoms with Crippen molar-refractivity contribution in [3.63, 3.8) is 0 Å². The van der Waals surface area contributed by atoms with E-state index in [0.29, 0.717) is 0 Å². The van der Waals surface area contributed by atoms with Crippen LogP contribution in [0.3, 0.4) is 0 Å². The van der Waals surface area contributed by atoms with Crippen LogP contribution in [-0.2, 0) is 4.79 Å². The molecule has 0 spiro atoms. The first-order valence-electron chi connectivity index (χ1n) is 5.90. The molecule has 0 aliphatic carbocycles. The van der Waals surface area contributed by atoms with E-state index in [-0.39, 0.29) is 11.7 Å². The topological polar surface area (TPSA) is 37.3 Å². The predicted octanol–water partition coefficient (Wildman–Crippen LogP) is 3.12. The minimum absolute atomic E-state index is 0.0739. The number of carbonyl (C=O) groups excluding carboxylic acids is 1. The Kier molecular flexibility index (Phi) is 5.20. The first-order chi connectivity index (χ1) is 7.66. The lowest BCUT2D eigenvalue weighted by molar-refractivity contribution is -0.124. The van der Waals surface area contributed by atoms with Gasteiger partial charge in [0.25, 0.3) is 0 Å². The van der Waals surface area contributed by atoms with E-state index < -0.39 is 6.10 Å². The Morgan fingerprint density at radius 3 is 2.44 bits per heavy atom. The molecule has 0 unspecified atom stereocenters. The van der Waals surface area contributed by atoms with Crippen molar-refractivity contribution in [3.05, 3.63) is 35.9 Å². The molecule has 0 bridgehead atoms. The van der Waals surface area contributed by atoms with E-state index in [1.165, 1.54) is 0 Å². The van der Waals surface area contributed by atoms with Gasteiger partial charge in [-0.3, -0.25) is 4.79 Å². The molecule has 2 heteroatoms. The molecule has 2 nitrogen and oxygen atoms in total. The predicted molar refractivity (Wildman–Crippen MR) is 65.1 cm³/mol. The van der Waals surface area contributed by atoms with Gasteiger partial charge in [0.05, 0.1) is 6.10 Å². The van der Waals surface area contributed by atoms with Crippen LogP contribution in [0, 0.1) is 5.92 Å². The summed E-state index contributed by atoms with van der Waals surface area (Å²) in [4.78, 5) is 11.5. The first kappa shape index (κ1) is 12.9. The fraction of sp³-hybridized carbons (Fsp3) is 0.500. The molecular formula is C14H20O2. The highest BCUT2D eigenvalue weighted by Gasteiger charge is 2.24. The minimum atomic E-state index is -0.662. The molecule has 1 aromatic carbocycles. The number of benzene rings is 1. The van der Waals surface area contributed by atoms with Gasteiger partial charge >= 0.3 is 0 Å². The molecule has 2 atom stereocenters. The summed E-state index contributed by atoms with van der Waals surface area (Å²) in [5.74, 6) is -0.188. The summed E-state index contributed by atoms with van der Waals surface area (Å²) in [7, 11) is 0. The Bertz CT molecular complexity index is 319. The van der Waals surface area contributed by atoms with Crippen molar-refractivity contribution in [2.45, 2.75) is 39.2 Å². The summed E-state index contributed by atoms with van der Waals surface area (Å²) in [6, 6.07) is 9.41. The Hall–Kier alpha value is -1.15. The highest BCUT2D eigenvalue weighted by atomic mass is 16.3. The average molecular weight is 220 g/mol. The fourth-order valence-electron chi connectivity index (χ4n) is 1.89. The van der Waals surface area contributed by atoms with Gasteiger partial charge in [-0.15, -0.1) is 0 Å². The van der Waals surface area contributed by atoms with E-state index in [1.54, 1.807) is 6.92 Å². The van der Waals surface area contributed by atoms with E-state index in [0.717, 1.165) is 24.8 Å². The summed E-state index contributed by atoms with van der Waals surface area (Å²) >= 11 is 0. The molecule has 1 rings (SSSR count). The summed E-state index contributed by atoms with van der Waals surface area (Å²) in [6.07, 6.45) is 2.13. The molecule has 0 saturated carbocycles. The van der Waals surface area contributed by atoms with Gasteiger partial charge in [-0.25, -0.2) is 0 Å². The largest absolute Gasteiger partial charge is 0.388 e. The number of ketones is 1. The zero-order valence-electron chi connectivity index (χ0n) is 10.0. The van der Waals surface area contributed by atoms with Crippen molar-refractivity contribution >= 4 is 5.78 Å². The molecule has 0 radical (unpaired) electrons. The second kappa shape index (κ2) is 6.44. The van der Waals surface area contributed by atoms with E-state index in [1.807, 2.05) is 30.3 Å². The number of hydrogen-bond donors (Lipinski definition) is 1. The van der Waals surface area contributed by atoms with Gasteiger partial charge in [-0.05, 0) is 18.9 Å². The summed E-state index contributed by atoms with van der Waals surface area (Å²) < 4.78 is 0. The fourth-order valence-corrected chi connectivity index (χ4v) is 1.89. The number of rotatable bonds is 6. The summed E-state index contributed by atoms with van der Waals surface area (Å²) in [5, 5.41) is 10.2. The van der Waals surface area contributed by atoms with Gasteiger partial charge in [0.15, 0.2) is 0 Å². The van der Waals surface area contributed by atoms with E-state index in [4.69, 9.17) is 0 Å². The number of aliphatic hydroxyl groups is 1. The lowest BCUT2D eigenvalue weighted by atomic mass is 9.88. The maximum absolute atomic E-state index is 11.5. The van der Waals surface area contributed by atoms with Crippen LogP contribution in [0.25, 0.3) is 0 Å². The highest BCUT2D eigenvalue weighted by Crippen LogP contribution is 2.26. The summed E-state index contributed by atoms with van der Waals surface area (Å²) in [5.41, 5.74) is 0.832. The number of carbonyl (C=O) groups is 1. The molecule has 0 heterocycles. The molecule has 1 N–H and O–H groups in total. The Morgan fingerprint density at radius 1 is 1.31 bits per heavy atom. The van der Waals surface area contributed by atoms with Crippen molar-refractivity contribution in [2.75, 3.05) is 0 Å². The van der Waals surface area contributed by atoms with Gasteiger partial charge in [-0.1, -0.05) is 50.1 Å². The van der Waals surface area contributed by atoms with E-state index in [2.05, 4.69) is 6.92 Å². The van der Waals surface area contributed by atoms with Gasteiger partial charge < -0.3 is 5.11 Å². The van der Waals surface area contributed by atoms with Crippen LogP contribution >= 0.6 is 0 Å². The van der Waals surface area contributed by atoms with Crippen molar-refractivity contribution in [2.24, 2.45) is 5.92 Å². The van der Waals surface area contributed by atoms with Crippen LogP contribution in [0.15, 0.2) is 30.3 Å². The Balaban J connectivity index is 2.75. The molecule has 16 heavy (non-hydrogen) atoms. The molecule has 88 valence electrons. The van der Waals surface area contributed by atoms with Crippen LogP contribution in [0.5, 0.6) is 0 Å². The first-order valence-corrected chi connectivity index (χ1v) is 5.90. The van der Waals surface area contributed by atoms with Gasteiger partial charge in [-0.2, -0.15) is 0 Å². The monoisotopic (exact) mass is 220 g/mol. The molecule has 1 aromatic rings. The second-order valence-corrected chi connectivity index (χ2v) is 4.21. The van der Waals surface area contributed by atoms with Crippen LogP contribution in [0.1, 0.15) is 44.8 Å². The minimum Gasteiger partial charge on any atom is -0.388 e. The lowest BCUT2D eigenvalue weighted by Gasteiger charge is -2.20. The standard InChI is InChI=1S/C14H20O2/c1-3-4-10-13(11(2)15)14(16)12-8-6-5-7-9-12/h5-9,13-14,16H,3-4,10H2,1-2H3/t13-,14+/m1/s1. The van der Waals surface area contributed by atoms with Crippen molar-refractivity contribution < 1.29 is 9.90 Å². The maximum Gasteiger partial charge on any atom is 0.135 e. The zero-order valence-corrected chi connectivity index (χ0v) is 10.0. The van der Waals surface area contributed by atoms with Gasteiger partial charge in [0.2, 0.25) is 0 Å². The third-order valence-electron chi connectivity index (χ3n) is 2.91. The molecule has 0 fully saturated rings. The van der Waals surface area contributed by atoms with E-state index in [9.17, 15) is 9.90 Å². The smallest absolute Gasteiger partial charge is 0.135 e.